The molecule has 0 unspecified atom stereocenters. The molecule has 96 valence electrons. The van der Waals surface area contributed by atoms with E-state index in [4.69, 9.17) is 11.6 Å². The molecule has 0 aliphatic rings. The smallest absolute Gasteiger partial charge is 0.174 e. The van der Waals surface area contributed by atoms with Crippen molar-refractivity contribution in [2.75, 3.05) is 6.54 Å². The Hall–Kier alpha value is -0.620. The van der Waals surface area contributed by atoms with Crippen LogP contribution in [-0.2, 0) is 6.54 Å². The zero-order valence-electron chi connectivity index (χ0n) is 10.2. The molecule has 0 spiro atoms. The molecule has 3 nitrogen and oxygen atoms in total. The normalized spacial score (nSPS) is 10.8. The predicted molar refractivity (Wildman–Crippen MR) is 77.6 cm³/mol. The number of aromatic nitrogens is 2. The predicted octanol–water partition coefficient (Wildman–Crippen LogP) is 3.76. The van der Waals surface area contributed by atoms with Crippen molar-refractivity contribution in [1.29, 1.82) is 0 Å². The summed E-state index contributed by atoms with van der Waals surface area (Å²) in [6, 6.07) is 5.96. The molecule has 18 heavy (non-hydrogen) atoms. The number of halogens is 1. The molecule has 0 saturated carbocycles. The molecule has 0 amide bonds. The van der Waals surface area contributed by atoms with Crippen LogP contribution in [0.5, 0.6) is 0 Å². The van der Waals surface area contributed by atoms with Crippen LogP contribution in [0.15, 0.2) is 27.4 Å². The Bertz CT molecular complexity index is 528. The van der Waals surface area contributed by atoms with E-state index < -0.39 is 0 Å². The Morgan fingerprint density at radius 2 is 2.28 bits per heavy atom. The van der Waals surface area contributed by atoms with E-state index in [1.807, 2.05) is 19.1 Å². The summed E-state index contributed by atoms with van der Waals surface area (Å²) >= 11 is 9.29. The van der Waals surface area contributed by atoms with Gasteiger partial charge in [-0.3, -0.25) is 0 Å². The van der Waals surface area contributed by atoms with Crippen molar-refractivity contribution < 1.29 is 0 Å². The van der Waals surface area contributed by atoms with E-state index in [1.165, 1.54) is 11.5 Å². The molecule has 0 bridgehead atoms. The molecule has 1 heterocycles. The number of rotatable bonds is 5. The van der Waals surface area contributed by atoms with Gasteiger partial charge in [0.2, 0.25) is 0 Å². The van der Waals surface area contributed by atoms with Gasteiger partial charge in [0.1, 0.15) is 5.82 Å². The van der Waals surface area contributed by atoms with Crippen LogP contribution < -0.4 is 5.32 Å². The van der Waals surface area contributed by atoms with Gasteiger partial charge in [-0.05, 0) is 42.7 Å². The van der Waals surface area contributed by atoms with Crippen molar-refractivity contribution in [3.63, 3.8) is 0 Å². The van der Waals surface area contributed by atoms with E-state index in [0.29, 0.717) is 0 Å². The molecule has 1 N–H and O–H groups in total. The van der Waals surface area contributed by atoms with Crippen molar-refractivity contribution in [2.24, 2.45) is 0 Å². The summed E-state index contributed by atoms with van der Waals surface area (Å²) in [5, 5.41) is 4.10. The molecule has 0 atom stereocenters. The summed E-state index contributed by atoms with van der Waals surface area (Å²) in [7, 11) is 0. The van der Waals surface area contributed by atoms with Crippen LogP contribution in [0.3, 0.4) is 0 Å². The number of benzene rings is 1. The third kappa shape index (κ3) is 3.45. The van der Waals surface area contributed by atoms with Crippen molar-refractivity contribution in [2.45, 2.75) is 29.6 Å². The highest BCUT2D eigenvalue weighted by atomic mass is 35.5. The quantitative estimate of drug-likeness (QED) is 0.912. The summed E-state index contributed by atoms with van der Waals surface area (Å²) in [5.41, 5.74) is 1.12. The Labute approximate surface area is 120 Å². The van der Waals surface area contributed by atoms with Crippen LogP contribution in [0.2, 0.25) is 5.02 Å². The lowest BCUT2D eigenvalue weighted by Crippen LogP contribution is -2.12. The third-order valence-corrected chi connectivity index (χ3v) is 4.63. The van der Waals surface area contributed by atoms with Crippen LogP contribution in [0.4, 0.5) is 0 Å². The minimum absolute atomic E-state index is 0.774. The largest absolute Gasteiger partial charge is 0.313 e. The summed E-state index contributed by atoms with van der Waals surface area (Å²) in [6.07, 6.45) is 0. The molecule has 1 aromatic heterocycles. The lowest BCUT2D eigenvalue weighted by Gasteiger charge is -2.10. The van der Waals surface area contributed by atoms with E-state index in [1.54, 1.807) is 11.8 Å². The molecule has 2 aromatic rings. The van der Waals surface area contributed by atoms with Gasteiger partial charge in [0.05, 0.1) is 0 Å². The van der Waals surface area contributed by atoms with Gasteiger partial charge in [-0.15, -0.1) is 0 Å². The zero-order chi connectivity index (χ0) is 13.0. The first-order chi connectivity index (χ1) is 8.70. The number of hydrogen-bond donors (Lipinski definition) is 1. The van der Waals surface area contributed by atoms with E-state index in [2.05, 4.69) is 27.7 Å². The SMILES string of the molecule is CCNCc1c(Cl)cccc1Sc1nc(C)ns1. The monoisotopic (exact) mass is 299 g/mol. The zero-order valence-corrected chi connectivity index (χ0v) is 12.6. The lowest BCUT2D eigenvalue weighted by molar-refractivity contribution is 0.718. The minimum atomic E-state index is 0.774. The van der Waals surface area contributed by atoms with Crippen LogP contribution >= 0.6 is 34.9 Å². The van der Waals surface area contributed by atoms with Crippen molar-refractivity contribution in [1.82, 2.24) is 14.7 Å². The van der Waals surface area contributed by atoms with Crippen molar-refractivity contribution in [3.8, 4) is 0 Å². The first-order valence-electron chi connectivity index (χ1n) is 5.67. The molecule has 0 radical (unpaired) electrons. The second-order valence-electron chi connectivity index (χ2n) is 3.71. The first-order valence-corrected chi connectivity index (χ1v) is 7.63. The number of nitrogens with zero attached hydrogens (tertiary/aromatic N) is 2. The summed E-state index contributed by atoms with van der Waals surface area (Å²) in [4.78, 5) is 5.50. The Morgan fingerprint density at radius 1 is 1.44 bits per heavy atom. The maximum absolute atomic E-state index is 6.25. The van der Waals surface area contributed by atoms with E-state index in [0.717, 1.165) is 38.7 Å². The highest BCUT2D eigenvalue weighted by Crippen LogP contribution is 2.34. The van der Waals surface area contributed by atoms with Crippen molar-refractivity contribution >= 4 is 34.9 Å². The fraction of sp³-hybridized carbons (Fsp3) is 0.333. The highest BCUT2D eigenvalue weighted by Gasteiger charge is 2.10. The Morgan fingerprint density at radius 3 is 2.94 bits per heavy atom. The van der Waals surface area contributed by atoms with Gasteiger partial charge in [-0.1, -0.05) is 36.4 Å². The second-order valence-corrected chi connectivity index (χ2v) is 6.15. The molecular formula is C12H14ClN3S2. The maximum atomic E-state index is 6.25. The average Bonchev–Trinajstić information content (AvgIpc) is 2.74. The van der Waals surface area contributed by atoms with E-state index in [9.17, 15) is 0 Å². The maximum Gasteiger partial charge on any atom is 0.174 e. The van der Waals surface area contributed by atoms with Crippen LogP contribution in [0.25, 0.3) is 0 Å². The third-order valence-electron chi connectivity index (χ3n) is 2.33. The topological polar surface area (TPSA) is 37.8 Å². The first kappa shape index (κ1) is 13.8. The summed E-state index contributed by atoms with van der Waals surface area (Å²) in [6.45, 7) is 5.68. The Balaban J connectivity index is 2.23. The molecule has 0 saturated heterocycles. The van der Waals surface area contributed by atoms with Crippen LogP contribution in [-0.4, -0.2) is 15.9 Å². The van der Waals surface area contributed by atoms with Crippen LogP contribution in [0.1, 0.15) is 18.3 Å². The Kier molecular flexibility index (Phi) is 5.00. The molecule has 0 aliphatic heterocycles. The molecule has 0 fully saturated rings. The molecule has 1 aromatic carbocycles. The van der Waals surface area contributed by atoms with Crippen LogP contribution in [0, 0.1) is 6.92 Å². The molecular weight excluding hydrogens is 286 g/mol. The fourth-order valence-electron chi connectivity index (χ4n) is 1.47. The molecule has 0 aliphatic carbocycles. The minimum Gasteiger partial charge on any atom is -0.313 e. The lowest BCUT2D eigenvalue weighted by atomic mass is 10.2. The standard InChI is InChI=1S/C12H14ClN3S2/c1-3-14-7-9-10(13)5-4-6-11(9)17-12-15-8(2)16-18-12/h4-6,14H,3,7H2,1-2H3. The molecule has 2 rings (SSSR count). The van der Waals surface area contributed by atoms with Gasteiger partial charge in [0.15, 0.2) is 4.34 Å². The summed E-state index contributed by atoms with van der Waals surface area (Å²) < 4.78 is 5.14. The average molecular weight is 300 g/mol. The van der Waals surface area contributed by atoms with Gasteiger partial charge in [0, 0.05) is 16.5 Å². The number of nitrogens with one attached hydrogen (secondary N) is 1. The number of hydrogen-bond acceptors (Lipinski definition) is 5. The fourth-order valence-corrected chi connectivity index (χ4v) is 3.54. The van der Waals surface area contributed by atoms with E-state index >= 15 is 0 Å². The summed E-state index contributed by atoms with van der Waals surface area (Å²) in [5.74, 6) is 0.817. The second kappa shape index (κ2) is 6.52. The van der Waals surface area contributed by atoms with Gasteiger partial charge < -0.3 is 5.32 Å². The highest BCUT2D eigenvalue weighted by molar-refractivity contribution is 8.01. The number of aryl methyl sites for hydroxylation is 1. The van der Waals surface area contributed by atoms with Gasteiger partial charge in [-0.25, -0.2) is 4.98 Å². The van der Waals surface area contributed by atoms with Gasteiger partial charge >= 0.3 is 0 Å². The van der Waals surface area contributed by atoms with Crippen molar-refractivity contribution in [3.05, 3.63) is 34.6 Å². The van der Waals surface area contributed by atoms with Gasteiger partial charge in [-0.2, -0.15) is 4.37 Å². The van der Waals surface area contributed by atoms with Gasteiger partial charge in [0.25, 0.3) is 0 Å². The molecule has 6 heteroatoms. The van der Waals surface area contributed by atoms with E-state index in [-0.39, 0.29) is 0 Å².